The molecule has 2 rings (SSSR count). The summed E-state index contributed by atoms with van der Waals surface area (Å²) in [6.45, 7) is 4.22. The average molecular weight is 386 g/mol. The average Bonchev–Trinajstić information content (AvgIpc) is 2.64. The third-order valence-corrected chi connectivity index (χ3v) is 5.58. The molecule has 140 valence electrons. The van der Waals surface area contributed by atoms with E-state index in [4.69, 9.17) is 5.73 Å². The quantitative estimate of drug-likeness (QED) is 0.706. The molecule has 5 nitrogen and oxygen atoms in total. The number of halogens is 1. The van der Waals surface area contributed by atoms with Gasteiger partial charge in [0.15, 0.2) is 0 Å². The first-order valence-corrected chi connectivity index (χ1v) is 9.52. The topological polar surface area (TPSA) is 75.4 Å². The first-order chi connectivity index (χ1) is 11.7. The molecular formula is C18H28ClN3O2S. The number of rotatable bonds is 7. The lowest BCUT2D eigenvalue weighted by Crippen LogP contribution is -2.48. The maximum Gasteiger partial charge on any atom is 0.236 e. The lowest BCUT2D eigenvalue weighted by Gasteiger charge is -2.34. The van der Waals surface area contributed by atoms with Gasteiger partial charge in [-0.25, -0.2) is 0 Å². The highest BCUT2D eigenvalue weighted by molar-refractivity contribution is 8.00. The molecule has 0 spiro atoms. The van der Waals surface area contributed by atoms with E-state index in [2.05, 4.69) is 5.32 Å². The van der Waals surface area contributed by atoms with Crippen LogP contribution in [0.15, 0.2) is 35.2 Å². The molecule has 25 heavy (non-hydrogen) atoms. The summed E-state index contributed by atoms with van der Waals surface area (Å²) in [4.78, 5) is 28.0. The molecule has 1 aromatic rings. The second-order valence-electron chi connectivity index (χ2n) is 6.03. The van der Waals surface area contributed by atoms with E-state index >= 15 is 0 Å². The predicted molar refractivity (Wildman–Crippen MR) is 105 cm³/mol. The highest BCUT2D eigenvalue weighted by Crippen LogP contribution is 2.28. The molecule has 2 unspecified atom stereocenters. The number of nitrogens with one attached hydrogen (secondary N) is 1. The number of hydrogen-bond acceptors (Lipinski definition) is 4. The Balaban J connectivity index is 0.00000312. The number of thioether (sulfide) groups is 1. The van der Waals surface area contributed by atoms with E-state index in [1.807, 2.05) is 42.2 Å². The summed E-state index contributed by atoms with van der Waals surface area (Å²) in [6, 6.07) is 10.00. The van der Waals surface area contributed by atoms with Crippen LogP contribution < -0.4 is 11.1 Å². The molecule has 3 N–H and O–H groups in total. The van der Waals surface area contributed by atoms with Gasteiger partial charge in [-0.1, -0.05) is 25.1 Å². The van der Waals surface area contributed by atoms with E-state index in [0.29, 0.717) is 19.6 Å². The zero-order chi connectivity index (χ0) is 17.4. The van der Waals surface area contributed by atoms with E-state index in [9.17, 15) is 9.59 Å². The van der Waals surface area contributed by atoms with E-state index in [1.165, 1.54) is 0 Å². The van der Waals surface area contributed by atoms with Crippen LogP contribution in [0.25, 0.3) is 0 Å². The van der Waals surface area contributed by atoms with Crippen molar-refractivity contribution in [1.29, 1.82) is 0 Å². The van der Waals surface area contributed by atoms with Crippen molar-refractivity contribution < 1.29 is 9.59 Å². The molecule has 1 fully saturated rings. The monoisotopic (exact) mass is 385 g/mol. The van der Waals surface area contributed by atoms with Crippen molar-refractivity contribution >= 4 is 36.0 Å². The minimum atomic E-state index is -0.117. The number of hydrogen-bond donors (Lipinski definition) is 2. The van der Waals surface area contributed by atoms with Crippen molar-refractivity contribution in [3.8, 4) is 0 Å². The molecule has 1 heterocycles. The molecule has 2 atom stereocenters. The third kappa shape index (κ3) is 6.53. The first-order valence-electron chi connectivity index (χ1n) is 8.64. The summed E-state index contributed by atoms with van der Waals surface area (Å²) < 4.78 is 0. The van der Waals surface area contributed by atoms with E-state index in [1.54, 1.807) is 11.8 Å². The molecule has 1 aliphatic rings. The molecule has 0 radical (unpaired) electrons. The predicted octanol–water partition coefficient (Wildman–Crippen LogP) is 2.29. The molecule has 0 aliphatic carbocycles. The number of nitrogens with two attached hydrogens (primary N) is 1. The van der Waals surface area contributed by atoms with Gasteiger partial charge in [0.2, 0.25) is 11.8 Å². The summed E-state index contributed by atoms with van der Waals surface area (Å²) in [5.41, 5.74) is 5.43. The van der Waals surface area contributed by atoms with Crippen LogP contribution in [0.5, 0.6) is 0 Å². The van der Waals surface area contributed by atoms with Gasteiger partial charge in [-0.15, -0.1) is 24.2 Å². The van der Waals surface area contributed by atoms with E-state index in [0.717, 1.165) is 30.7 Å². The highest BCUT2D eigenvalue weighted by atomic mass is 35.5. The van der Waals surface area contributed by atoms with E-state index < -0.39 is 0 Å². The van der Waals surface area contributed by atoms with Crippen LogP contribution in [0.1, 0.15) is 26.2 Å². The van der Waals surface area contributed by atoms with Crippen molar-refractivity contribution in [2.45, 2.75) is 36.3 Å². The number of carbonyl (C=O) groups excluding carboxylic acids is 2. The molecular weight excluding hydrogens is 358 g/mol. The van der Waals surface area contributed by atoms with Crippen LogP contribution >= 0.6 is 24.2 Å². The van der Waals surface area contributed by atoms with Crippen molar-refractivity contribution in [3.05, 3.63) is 30.3 Å². The number of likely N-dealkylation sites (tertiary alicyclic amines) is 1. The fourth-order valence-corrected chi connectivity index (χ4v) is 3.97. The Labute approximate surface area is 160 Å². The molecule has 0 saturated carbocycles. The highest BCUT2D eigenvalue weighted by Gasteiger charge is 2.31. The molecule has 7 heteroatoms. The minimum absolute atomic E-state index is 0. The number of benzene rings is 1. The SMILES string of the molecule is CCC(Sc1ccccc1)C(=O)N1CCCC(C(=O)NCCN)C1.Cl. The van der Waals surface area contributed by atoms with Crippen molar-refractivity contribution in [3.63, 3.8) is 0 Å². The Hall–Kier alpha value is -1.24. The number of piperidine rings is 1. The smallest absolute Gasteiger partial charge is 0.236 e. The summed E-state index contributed by atoms with van der Waals surface area (Å²) in [7, 11) is 0. The Kier molecular flexibility index (Phi) is 9.93. The van der Waals surface area contributed by atoms with Gasteiger partial charge in [-0.3, -0.25) is 9.59 Å². The summed E-state index contributed by atoms with van der Waals surface area (Å²) >= 11 is 1.61. The third-order valence-electron chi connectivity index (χ3n) is 4.22. The largest absolute Gasteiger partial charge is 0.355 e. The van der Waals surface area contributed by atoms with Gasteiger partial charge in [-0.2, -0.15) is 0 Å². The normalized spacial score (nSPS) is 18.2. The van der Waals surface area contributed by atoms with Crippen LogP contribution in [0.4, 0.5) is 0 Å². The second kappa shape index (κ2) is 11.4. The Bertz CT molecular complexity index is 544. The van der Waals surface area contributed by atoms with Gasteiger partial charge in [-0.05, 0) is 31.4 Å². The van der Waals surface area contributed by atoms with Gasteiger partial charge >= 0.3 is 0 Å². The maximum atomic E-state index is 12.9. The molecule has 1 aliphatic heterocycles. The van der Waals surface area contributed by atoms with Gasteiger partial charge < -0.3 is 16.0 Å². The van der Waals surface area contributed by atoms with Crippen molar-refractivity contribution in [1.82, 2.24) is 10.2 Å². The summed E-state index contributed by atoms with van der Waals surface area (Å²) in [5, 5.41) is 2.74. The number of carbonyl (C=O) groups is 2. The molecule has 0 bridgehead atoms. The second-order valence-corrected chi connectivity index (χ2v) is 7.31. The van der Waals surface area contributed by atoms with Crippen LogP contribution in [0.2, 0.25) is 0 Å². The van der Waals surface area contributed by atoms with Crippen LogP contribution in [-0.4, -0.2) is 48.1 Å². The van der Waals surface area contributed by atoms with Crippen LogP contribution in [0, 0.1) is 5.92 Å². The fourth-order valence-electron chi connectivity index (χ4n) is 2.91. The van der Waals surface area contributed by atoms with E-state index in [-0.39, 0.29) is 35.4 Å². The summed E-state index contributed by atoms with van der Waals surface area (Å²) in [6.07, 6.45) is 2.49. The Morgan fingerprint density at radius 1 is 1.36 bits per heavy atom. The lowest BCUT2D eigenvalue weighted by atomic mass is 9.96. The van der Waals surface area contributed by atoms with Gasteiger partial charge in [0.05, 0.1) is 11.2 Å². The summed E-state index contributed by atoms with van der Waals surface area (Å²) in [5.74, 6) is 0.0397. The molecule has 2 amide bonds. The first kappa shape index (κ1) is 21.8. The van der Waals surface area contributed by atoms with Crippen LogP contribution in [0.3, 0.4) is 0 Å². The van der Waals surface area contributed by atoms with Gasteiger partial charge in [0.1, 0.15) is 0 Å². The Morgan fingerprint density at radius 3 is 2.72 bits per heavy atom. The number of nitrogens with zero attached hydrogens (tertiary/aromatic N) is 1. The number of amides is 2. The lowest BCUT2D eigenvalue weighted by molar-refractivity contribution is -0.135. The maximum absolute atomic E-state index is 12.9. The van der Waals surface area contributed by atoms with Crippen molar-refractivity contribution in [2.24, 2.45) is 11.7 Å². The zero-order valence-corrected chi connectivity index (χ0v) is 16.3. The molecule has 1 saturated heterocycles. The van der Waals surface area contributed by atoms with Gasteiger partial charge in [0.25, 0.3) is 0 Å². The van der Waals surface area contributed by atoms with Crippen LogP contribution in [-0.2, 0) is 9.59 Å². The molecule has 1 aromatic carbocycles. The minimum Gasteiger partial charge on any atom is -0.355 e. The van der Waals surface area contributed by atoms with Crippen molar-refractivity contribution in [2.75, 3.05) is 26.2 Å². The van der Waals surface area contributed by atoms with Gasteiger partial charge in [0, 0.05) is 31.1 Å². The molecule has 0 aromatic heterocycles. The zero-order valence-electron chi connectivity index (χ0n) is 14.6. The standard InChI is InChI=1S/C18H27N3O2S.ClH/c1-2-16(24-15-8-4-3-5-9-15)18(23)21-12-6-7-14(13-21)17(22)20-11-10-19;/h3-5,8-9,14,16H,2,6-7,10-13,19H2,1H3,(H,20,22);1H. The Morgan fingerprint density at radius 2 is 2.08 bits per heavy atom. The fraction of sp³-hybridized carbons (Fsp3) is 0.556.